The number of hydrogen-bond donors (Lipinski definition) is 0. The number of hydrogen-bond acceptors (Lipinski definition) is 4. The van der Waals surface area contributed by atoms with E-state index in [0.717, 1.165) is 12.1 Å². The summed E-state index contributed by atoms with van der Waals surface area (Å²) in [6, 6.07) is 7.08. The summed E-state index contributed by atoms with van der Waals surface area (Å²) >= 11 is 11.7. The lowest BCUT2D eigenvalue weighted by atomic mass is 9.84. The number of nitrogens with zero attached hydrogens (tertiary/aromatic N) is 1. The number of aryl methyl sites for hydroxylation is 1. The van der Waals surface area contributed by atoms with Crippen molar-refractivity contribution in [2.45, 2.75) is 51.2 Å². The Morgan fingerprint density at radius 1 is 1.09 bits per heavy atom. The molecular weight excluding hydrogens is 473 g/mol. The van der Waals surface area contributed by atoms with Crippen molar-refractivity contribution in [1.82, 2.24) is 0 Å². The van der Waals surface area contributed by atoms with Crippen molar-refractivity contribution in [2.24, 2.45) is 5.16 Å². The molecule has 32 heavy (non-hydrogen) atoms. The predicted octanol–water partition coefficient (Wildman–Crippen LogP) is 6.79. The molecule has 2 unspecified atom stereocenters. The van der Waals surface area contributed by atoms with E-state index in [1.54, 1.807) is 27.7 Å². The van der Waals surface area contributed by atoms with Gasteiger partial charge in [0, 0.05) is 21.2 Å². The number of alkyl halides is 4. The van der Waals surface area contributed by atoms with E-state index in [1.165, 1.54) is 24.3 Å². The molecule has 1 aliphatic heterocycles. The van der Waals surface area contributed by atoms with Gasteiger partial charge >= 0.3 is 12.1 Å². The highest BCUT2D eigenvalue weighted by Crippen LogP contribution is 2.51. The molecule has 0 saturated carbocycles. The molecule has 1 heterocycles. The highest BCUT2D eigenvalue weighted by Gasteiger charge is 2.69. The van der Waals surface area contributed by atoms with Gasteiger partial charge in [-0.05, 0) is 63.6 Å². The van der Waals surface area contributed by atoms with Crippen LogP contribution in [0.3, 0.4) is 0 Å². The Morgan fingerprint density at radius 3 is 2.19 bits per heavy atom. The van der Waals surface area contributed by atoms with Crippen LogP contribution < -0.4 is 0 Å². The monoisotopic (exact) mass is 491 g/mol. The molecule has 0 radical (unpaired) electrons. The lowest BCUT2D eigenvalue weighted by molar-refractivity contribution is -0.289. The first-order valence-electron chi connectivity index (χ1n) is 9.43. The molecule has 2 aromatic carbocycles. The summed E-state index contributed by atoms with van der Waals surface area (Å²) in [6.07, 6.45) is -7.90. The van der Waals surface area contributed by atoms with Crippen molar-refractivity contribution in [3.63, 3.8) is 0 Å². The molecule has 172 valence electrons. The lowest BCUT2D eigenvalue weighted by Crippen LogP contribution is -2.50. The maximum Gasteiger partial charge on any atom is 0.438 e. The zero-order chi connectivity index (χ0) is 24.1. The number of carbonyl (C=O) groups excluding carboxylic acids is 1. The summed E-state index contributed by atoms with van der Waals surface area (Å²) in [4.78, 5) is 17.1. The summed E-state index contributed by atoms with van der Waals surface area (Å²) < 4.78 is 63.2. The SMILES string of the molecule is Cc1cc(C2=NOC(c3cc(Cl)cc(Cl)c3)(C(F)(F)F)C2F)ccc1C(=O)OC(C)(C)C. The molecule has 10 heteroatoms. The predicted molar refractivity (Wildman–Crippen MR) is 113 cm³/mol. The van der Waals surface area contributed by atoms with Crippen LogP contribution in [-0.4, -0.2) is 29.6 Å². The van der Waals surface area contributed by atoms with Gasteiger partial charge in [0.05, 0.1) is 5.56 Å². The normalized spacial score (nSPS) is 21.2. The standard InChI is InChI=1S/C22H19Cl2F4NO3/c1-11-7-12(5-6-16(11)19(30)31-20(2,3)4)17-18(25)21(32-29-17,22(26,27)28)13-8-14(23)10-15(24)9-13/h5-10,18H,1-4H3. The number of rotatable bonds is 3. The van der Waals surface area contributed by atoms with Crippen molar-refractivity contribution in [3.8, 4) is 0 Å². The van der Waals surface area contributed by atoms with Crippen molar-refractivity contribution in [2.75, 3.05) is 0 Å². The fraction of sp³-hybridized carbons (Fsp3) is 0.364. The van der Waals surface area contributed by atoms with Crippen molar-refractivity contribution in [3.05, 3.63) is 68.7 Å². The first-order chi connectivity index (χ1) is 14.7. The van der Waals surface area contributed by atoms with Gasteiger partial charge in [0.15, 0.2) is 0 Å². The van der Waals surface area contributed by atoms with E-state index in [1.807, 2.05) is 0 Å². The van der Waals surface area contributed by atoms with Crippen molar-refractivity contribution < 1.29 is 31.9 Å². The minimum atomic E-state index is -5.18. The molecule has 2 atom stereocenters. The van der Waals surface area contributed by atoms with E-state index in [9.17, 15) is 18.0 Å². The number of halogens is 6. The first kappa shape index (κ1) is 24.3. The number of benzene rings is 2. The Hall–Kier alpha value is -2.32. The fourth-order valence-electron chi connectivity index (χ4n) is 3.32. The number of carbonyl (C=O) groups is 1. The fourth-order valence-corrected chi connectivity index (χ4v) is 3.84. The molecule has 2 aromatic rings. The maximum absolute atomic E-state index is 15.5. The van der Waals surface area contributed by atoms with Crippen molar-refractivity contribution in [1.29, 1.82) is 0 Å². The first-order valence-corrected chi connectivity index (χ1v) is 10.2. The van der Waals surface area contributed by atoms with Gasteiger partial charge in [0.2, 0.25) is 6.17 Å². The van der Waals surface area contributed by atoms with E-state index in [-0.39, 0.29) is 21.2 Å². The van der Waals surface area contributed by atoms with Crippen LogP contribution in [0.2, 0.25) is 10.0 Å². The molecule has 0 spiro atoms. The molecule has 0 bridgehead atoms. The van der Waals surface area contributed by atoms with Gasteiger partial charge in [0.25, 0.3) is 5.60 Å². The van der Waals surface area contributed by atoms with E-state index in [0.29, 0.717) is 5.56 Å². The molecule has 0 fully saturated rings. The van der Waals surface area contributed by atoms with Gasteiger partial charge < -0.3 is 9.57 Å². The van der Waals surface area contributed by atoms with Gasteiger partial charge in [-0.2, -0.15) is 13.2 Å². The number of ether oxygens (including phenoxy) is 1. The Balaban J connectivity index is 2.01. The third-order valence-electron chi connectivity index (χ3n) is 4.74. The third kappa shape index (κ3) is 4.43. The summed E-state index contributed by atoms with van der Waals surface area (Å²) in [6.45, 7) is 6.66. The largest absolute Gasteiger partial charge is 0.456 e. The van der Waals surface area contributed by atoms with Crippen LogP contribution in [-0.2, 0) is 15.2 Å². The van der Waals surface area contributed by atoms with Gasteiger partial charge in [-0.15, -0.1) is 0 Å². The third-order valence-corrected chi connectivity index (χ3v) is 5.17. The summed E-state index contributed by atoms with van der Waals surface area (Å²) in [5, 5.41) is 3.21. The van der Waals surface area contributed by atoms with Crippen LogP contribution in [0.5, 0.6) is 0 Å². The maximum atomic E-state index is 15.5. The van der Waals surface area contributed by atoms with Crippen LogP contribution in [0.4, 0.5) is 17.6 Å². The lowest BCUT2D eigenvalue weighted by Gasteiger charge is -2.31. The molecule has 0 saturated heterocycles. The van der Waals surface area contributed by atoms with E-state index in [2.05, 4.69) is 5.16 Å². The van der Waals surface area contributed by atoms with Crippen LogP contribution in [0, 0.1) is 6.92 Å². The molecule has 0 N–H and O–H groups in total. The van der Waals surface area contributed by atoms with Gasteiger partial charge in [-0.25, -0.2) is 9.18 Å². The zero-order valence-corrected chi connectivity index (χ0v) is 19.0. The summed E-state index contributed by atoms with van der Waals surface area (Å²) in [5.41, 5.74) is -4.74. The highest BCUT2D eigenvalue weighted by molar-refractivity contribution is 6.34. The van der Waals surface area contributed by atoms with E-state index < -0.39 is 40.8 Å². The minimum absolute atomic E-state index is 0.0292. The molecule has 3 rings (SSSR count). The minimum Gasteiger partial charge on any atom is -0.456 e. The molecule has 0 amide bonds. The Morgan fingerprint density at radius 2 is 1.69 bits per heavy atom. The Bertz CT molecular complexity index is 1080. The van der Waals surface area contributed by atoms with Gasteiger partial charge in [-0.3, -0.25) is 0 Å². The van der Waals surface area contributed by atoms with Crippen LogP contribution in [0.15, 0.2) is 41.6 Å². The number of esters is 1. The average molecular weight is 492 g/mol. The van der Waals surface area contributed by atoms with E-state index >= 15 is 4.39 Å². The van der Waals surface area contributed by atoms with Gasteiger partial charge in [-0.1, -0.05) is 34.4 Å². The Labute approximate surface area is 192 Å². The van der Waals surface area contributed by atoms with Crippen LogP contribution in [0.25, 0.3) is 0 Å². The Kier molecular flexibility index (Phi) is 6.25. The van der Waals surface area contributed by atoms with Crippen molar-refractivity contribution >= 4 is 34.9 Å². The van der Waals surface area contributed by atoms with Crippen LogP contribution >= 0.6 is 23.2 Å². The number of oxime groups is 1. The average Bonchev–Trinajstić information content (AvgIpc) is 2.97. The molecule has 0 aliphatic carbocycles. The second kappa shape index (κ2) is 8.23. The second-order valence-electron chi connectivity index (χ2n) is 8.35. The topological polar surface area (TPSA) is 47.9 Å². The molecular formula is C22H19Cl2F4NO3. The van der Waals surface area contributed by atoms with E-state index in [4.69, 9.17) is 32.8 Å². The summed E-state index contributed by atoms with van der Waals surface area (Å²) in [7, 11) is 0. The molecule has 0 aromatic heterocycles. The smallest absolute Gasteiger partial charge is 0.438 e. The zero-order valence-electron chi connectivity index (χ0n) is 17.5. The quantitative estimate of drug-likeness (QED) is 0.350. The summed E-state index contributed by atoms with van der Waals surface area (Å²) in [5.74, 6) is -0.610. The second-order valence-corrected chi connectivity index (χ2v) is 9.23. The van der Waals surface area contributed by atoms with Gasteiger partial charge in [0.1, 0.15) is 11.3 Å². The molecule has 1 aliphatic rings. The van der Waals surface area contributed by atoms with Crippen LogP contribution in [0.1, 0.15) is 47.8 Å². The highest BCUT2D eigenvalue weighted by atomic mass is 35.5. The molecule has 4 nitrogen and oxygen atoms in total.